The second-order valence-electron chi connectivity index (χ2n) is 6.19. The molecule has 6 heteroatoms. The number of carbonyl (C=O) groups is 1. The summed E-state index contributed by atoms with van der Waals surface area (Å²) in [7, 11) is 2.18. The highest BCUT2D eigenvalue weighted by Gasteiger charge is 2.18. The third kappa shape index (κ3) is 5.48. The maximum atomic E-state index is 11.8. The summed E-state index contributed by atoms with van der Waals surface area (Å²) in [6, 6.07) is 4.11. The third-order valence-electron chi connectivity index (χ3n) is 4.39. The summed E-state index contributed by atoms with van der Waals surface area (Å²) in [4.78, 5) is 21.0. The first-order chi connectivity index (χ1) is 11.1. The van der Waals surface area contributed by atoms with Gasteiger partial charge in [0.05, 0.1) is 0 Å². The lowest BCUT2D eigenvalue weighted by atomic mass is 10.1. The summed E-state index contributed by atoms with van der Waals surface area (Å²) in [5.74, 6) is 0.711. The van der Waals surface area contributed by atoms with Crippen LogP contribution < -0.4 is 10.6 Å². The van der Waals surface area contributed by atoms with Gasteiger partial charge < -0.3 is 15.5 Å². The average Bonchev–Trinajstić information content (AvgIpc) is 2.56. The zero-order valence-electron chi connectivity index (χ0n) is 14.5. The number of amides is 1. The molecule has 2 rings (SSSR count). The van der Waals surface area contributed by atoms with Crippen molar-refractivity contribution in [2.45, 2.75) is 26.3 Å². The van der Waals surface area contributed by atoms with E-state index in [1.54, 1.807) is 12.3 Å². The molecule has 23 heavy (non-hydrogen) atoms. The molecule has 1 aromatic rings. The van der Waals surface area contributed by atoms with Crippen LogP contribution in [0.3, 0.4) is 0 Å². The van der Waals surface area contributed by atoms with Crippen LogP contribution in [-0.4, -0.2) is 73.0 Å². The van der Waals surface area contributed by atoms with E-state index < -0.39 is 0 Å². The molecule has 0 bridgehead atoms. The zero-order chi connectivity index (χ0) is 16.7. The molecule has 1 aliphatic rings. The highest BCUT2D eigenvalue weighted by molar-refractivity contribution is 5.94. The first kappa shape index (κ1) is 17.7. The Bertz CT molecular complexity index is 500. The van der Waals surface area contributed by atoms with Gasteiger partial charge in [0, 0.05) is 57.1 Å². The molecule has 1 saturated heterocycles. The van der Waals surface area contributed by atoms with Gasteiger partial charge in [0.15, 0.2) is 0 Å². The quantitative estimate of drug-likeness (QED) is 0.792. The average molecular weight is 319 g/mol. The minimum atomic E-state index is -0.0521. The molecule has 1 aliphatic heterocycles. The number of carbonyl (C=O) groups excluding carboxylic acids is 1. The van der Waals surface area contributed by atoms with Gasteiger partial charge >= 0.3 is 0 Å². The van der Waals surface area contributed by atoms with Crippen LogP contribution in [-0.2, 0) is 0 Å². The van der Waals surface area contributed by atoms with Crippen molar-refractivity contribution in [1.82, 2.24) is 20.1 Å². The Balaban J connectivity index is 1.77. The van der Waals surface area contributed by atoms with Crippen LogP contribution in [0.2, 0.25) is 0 Å². The van der Waals surface area contributed by atoms with Crippen molar-refractivity contribution in [1.29, 1.82) is 0 Å². The SMILES string of the molecule is CCNC(=O)c1ccnc(NCCC(C)N2CCN(C)CC2)c1. The largest absolute Gasteiger partial charge is 0.370 e. The van der Waals surface area contributed by atoms with Crippen molar-refractivity contribution in [3.8, 4) is 0 Å². The number of nitrogens with one attached hydrogen (secondary N) is 2. The van der Waals surface area contributed by atoms with E-state index in [0.717, 1.165) is 45.0 Å². The number of piperazine rings is 1. The summed E-state index contributed by atoms with van der Waals surface area (Å²) in [5, 5.41) is 6.14. The fourth-order valence-electron chi connectivity index (χ4n) is 2.79. The molecule has 0 radical (unpaired) electrons. The van der Waals surface area contributed by atoms with Crippen molar-refractivity contribution < 1.29 is 4.79 Å². The number of nitrogens with zero attached hydrogens (tertiary/aromatic N) is 3. The van der Waals surface area contributed by atoms with Crippen molar-refractivity contribution in [2.24, 2.45) is 0 Å². The normalized spacial score (nSPS) is 17.7. The Hall–Kier alpha value is -1.66. The number of rotatable bonds is 7. The van der Waals surface area contributed by atoms with Crippen molar-refractivity contribution in [3.63, 3.8) is 0 Å². The lowest BCUT2D eigenvalue weighted by Gasteiger charge is -2.36. The fourth-order valence-corrected chi connectivity index (χ4v) is 2.79. The Morgan fingerprint density at radius 2 is 2.09 bits per heavy atom. The van der Waals surface area contributed by atoms with E-state index in [0.29, 0.717) is 18.2 Å². The van der Waals surface area contributed by atoms with Crippen LogP contribution in [0.4, 0.5) is 5.82 Å². The Morgan fingerprint density at radius 1 is 1.35 bits per heavy atom. The Kier molecular flexibility index (Phi) is 6.80. The van der Waals surface area contributed by atoms with E-state index in [2.05, 4.69) is 39.4 Å². The minimum Gasteiger partial charge on any atom is -0.370 e. The lowest BCUT2D eigenvalue weighted by Crippen LogP contribution is -2.48. The van der Waals surface area contributed by atoms with Gasteiger partial charge in [0.2, 0.25) is 0 Å². The molecule has 2 heterocycles. The molecular weight excluding hydrogens is 290 g/mol. The molecule has 1 unspecified atom stereocenters. The van der Waals surface area contributed by atoms with E-state index >= 15 is 0 Å². The summed E-state index contributed by atoms with van der Waals surface area (Å²) in [6.07, 6.45) is 2.74. The van der Waals surface area contributed by atoms with Gasteiger partial charge in [0.25, 0.3) is 5.91 Å². The van der Waals surface area contributed by atoms with Crippen molar-refractivity contribution >= 4 is 11.7 Å². The lowest BCUT2D eigenvalue weighted by molar-refractivity contribution is 0.0955. The molecular formula is C17H29N5O. The molecule has 0 aliphatic carbocycles. The molecule has 128 valence electrons. The van der Waals surface area contributed by atoms with Gasteiger partial charge in [-0.3, -0.25) is 9.69 Å². The summed E-state index contributed by atoms with van der Waals surface area (Å²) in [5.41, 5.74) is 0.650. The maximum Gasteiger partial charge on any atom is 0.251 e. The minimum absolute atomic E-state index is 0.0521. The number of pyridine rings is 1. The smallest absolute Gasteiger partial charge is 0.251 e. The van der Waals surface area contributed by atoms with Crippen LogP contribution in [0, 0.1) is 0 Å². The maximum absolute atomic E-state index is 11.8. The molecule has 0 saturated carbocycles. The van der Waals surface area contributed by atoms with Gasteiger partial charge in [-0.15, -0.1) is 0 Å². The fraction of sp³-hybridized carbons (Fsp3) is 0.647. The van der Waals surface area contributed by atoms with Gasteiger partial charge in [0.1, 0.15) is 5.82 Å². The number of hydrogen-bond acceptors (Lipinski definition) is 5. The first-order valence-electron chi connectivity index (χ1n) is 8.51. The van der Waals surface area contributed by atoms with Crippen LogP contribution in [0.15, 0.2) is 18.3 Å². The van der Waals surface area contributed by atoms with Gasteiger partial charge in [-0.1, -0.05) is 0 Å². The predicted octanol–water partition coefficient (Wildman–Crippen LogP) is 1.27. The van der Waals surface area contributed by atoms with E-state index in [4.69, 9.17) is 0 Å². The van der Waals surface area contributed by atoms with E-state index in [1.165, 1.54) is 0 Å². The van der Waals surface area contributed by atoms with Crippen LogP contribution in [0.1, 0.15) is 30.6 Å². The van der Waals surface area contributed by atoms with Crippen molar-refractivity contribution in [3.05, 3.63) is 23.9 Å². The monoisotopic (exact) mass is 319 g/mol. The van der Waals surface area contributed by atoms with E-state index in [1.807, 2.05) is 13.0 Å². The molecule has 0 aromatic carbocycles. The van der Waals surface area contributed by atoms with Crippen LogP contribution in [0.5, 0.6) is 0 Å². The standard InChI is InChI=1S/C17H29N5O/c1-4-18-17(23)15-6-8-20-16(13-15)19-7-5-14(2)22-11-9-21(3)10-12-22/h6,8,13-14H,4-5,7,9-12H2,1-3H3,(H,18,23)(H,19,20). The predicted molar refractivity (Wildman–Crippen MR) is 93.9 cm³/mol. The second kappa shape index (κ2) is 8.84. The number of likely N-dealkylation sites (N-methyl/N-ethyl adjacent to an activating group) is 1. The zero-order valence-corrected chi connectivity index (χ0v) is 14.5. The van der Waals surface area contributed by atoms with Crippen LogP contribution in [0.25, 0.3) is 0 Å². The number of hydrogen-bond donors (Lipinski definition) is 2. The molecule has 1 amide bonds. The van der Waals surface area contributed by atoms with Gasteiger partial charge in [-0.2, -0.15) is 0 Å². The summed E-state index contributed by atoms with van der Waals surface area (Å²) in [6.45, 7) is 10.3. The van der Waals surface area contributed by atoms with Gasteiger partial charge in [-0.25, -0.2) is 4.98 Å². The highest BCUT2D eigenvalue weighted by Crippen LogP contribution is 2.10. The topological polar surface area (TPSA) is 60.5 Å². The summed E-state index contributed by atoms with van der Waals surface area (Å²) < 4.78 is 0. The molecule has 1 aromatic heterocycles. The summed E-state index contributed by atoms with van der Waals surface area (Å²) >= 11 is 0. The second-order valence-corrected chi connectivity index (χ2v) is 6.19. The highest BCUT2D eigenvalue weighted by atomic mass is 16.1. The van der Waals surface area contributed by atoms with Crippen LogP contribution >= 0.6 is 0 Å². The van der Waals surface area contributed by atoms with Crippen molar-refractivity contribution in [2.75, 3.05) is 51.6 Å². The first-order valence-corrected chi connectivity index (χ1v) is 8.51. The molecule has 1 fully saturated rings. The third-order valence-corrected chi connectivity index (χ3v) is 4.39. The molecule has 6 nitrogen and oxygen atoms in total. The number of anilines is 1. The number of aromatic nitrogens is 1. The Labute approximate surface area is 139 Å². The molecule has 0 spiro atoms. The molecule has 1 atom stereocenters. The Morgan fingerprint density at radius 3 is 2.78 bits per heavy atom. The van der Waals surface area contributed by atoms with Gasteiger partial charge in [-0.05, 0) is 39.4 Å². The van der Waals surface area contributed by atoms with E-state index in [9.17, 15) is 4.79 Å². The van der Waals surface area contributed by atoms with E-state index in [-0.39, 0.29) is 5.91 Å². The molecule has 2 N–H and O–H groups in total.